The number of carbonyl (C=O) groups is 1. The number of hydrogen-bond donors (Lipinski definition) is 0. The summed E-state index contributed by atoms with van der Waals surface area (Å²) in [6.07, 6.45) is 3.25. The Kier molecular flexibility index (Phi) is 5.33. The van der Waals surface area contributed by atoms with Gasteiger partial charge in [-0.25, -0.2) is 0 Å². The Labute approximate surface area is 132 Å². The third-order valence-corrected chi connectivity index (χ3v) is 3.59. The first-order valence-electron chi connectivity index (χ1n) is 6.66. The molecule has 0 bridgehead atoms. The first-order chi connectivity index (χ1) is 10.1. The number of pyridine rings is 1. The number of carbonyl (C=O) groups excluding carboxylic acids is 1. The Morgan fingerprint density at radius 1 is 1.29 bits per heavy atom. The number of ether oxygens (including phenoxy) is 1. The van der Waals surface area contributed by atoms with Gasteiger partial charge in [-0.2, -0.15) is 0 Å². The van der Waals surface area contributed by atoms with Gasteiger partial charge in [0.25, 0.3) is 5.91 Å². The first-order valence-corrected chi connectivity index (χ1v) is 7.46. The second-order valence-corrected chi connectivity index (χ2v) is 5.47. The summed E-state index contributed by atoms with van der Waals surface area (Å²) in [7, 11) is 1.64. The van der Waals surface area contributed by atoms with Gasteiger partial charge in [0.2, 0.25) is 0 Å². The maximum Gasteiger partial charge on any atom is 0.255 e. The molecule has 4 nitrogen and oxygen atoms in total. The topological polar surface area (TPSA) is 42.4 Å². The molecule has 2 aromatic rings. The van der Waals surface area contributed by atoms with Crippen LogP contribution in [0.1, 0.15) is 22.8 Å². The number of halogens is 1. The minimum atomic E-state index is -0.0258. The van der Waals surface area contributed by atoms with Gasteiger partial charge in [-0.05, 0) is 46.6 Å². The van der Waals surface area contributed by atoms with Crippen LogP contribution in [0.3, 0.4) is 0 Å². The fourth-order valence-corrected chi connectivity index (χ4v) is 2.35. The third-order valence-electron chi connectivity index (χ3n) is 3.15. The van der Waals surface area contributed by atoms with Crippen LogP contribution in [0.5, 0.6) is 5.75 Å². The Morgan fingerprint density at radius 3 is 2.57 bits per heavy atom. The van der Waals surface area contributed by atoms with Crippen LogP contribution in [-0.4, -0.2) is 29.4 Å². The Hall–Kier alpha value is -1.88. The summed E-state index contributed by atoms with van der Waals surface area (Å²) in [4.78, 5) is 18.3. The van der Waals surface area contributed by atoms with Gasteiger partial charge in [-0.15, -0.1) is 0 Å². The standard InChI is InChI=1S/C16H17BrN2O2/c1-3-19(11-12-4-6-15(21-2)7-5-12)16(20)13-8-14(17)10-18-9-13/h4-10H,3,11H2,1-2H3. The van der Waals surface area contributed by atoms with E-state index in [-0.39, 0.29) is 5.91 Å². The van der Waals surface area contributed by atoms with Gasteiger partial charge in [0.15, 0.2) is 0 Å². The molecular weight excluding hydrogens is 332 g/mol. The molecule has 1 aromatic carbocycles. The summed E-state index contributed by atoms with van der Waals surface area (Å²) in [5.74, 6) is 0.784. The van der Waals surface area contributed by atoms with E-state index in [2.05, 4.69) is 20.9 Å². The molecule has 0 aliphatic rings. The molecule has 5 heteroatoms. The van der Waals surface area contributed by atoms with E-state index < -0.39 is 0 Å². The molecule has 1 heterocycles. The molecule has 0 aliphatic carbocycles. The van der Waals surface area contributed by atoms with Crippen molar-refractivity contribution < 1.29 is 9.53 Å². The molecule has 2 rings (SSSR count). The molecule has 0 saturated heterocycles. The van der Waals surface area contributed by atoms with Crippen LogP contribution in [0.25, 0.3) is 0 Å². The minimum Gasteiger partial charge on any atom is -0.497 e. The molecule has 0 spiro atoms. The molecule has 110 valence electrons. The van der Waals surface area contributed by atoms with E-state index in [9.17, 15) is 4.79 Å². The van der Waals surface area contributed by atoms with Crippen LogP contribution in [0.4, 0.5) is 0 Å². The quantitative estimate of drug-likeness (QED) is 0.830. The molecular formula is C16H17BrN2O2. The van der Waals surface area contributed by atoms with Crippen LogP contribution in [0, 0.1) is 0 Å². The second kappa shape index (κ2) is 7.22. The molecule has 0 aliphatic heterocycles. The van der Waals surface area contributed by atoms with E-state index in [4.69, 9.17) is 4.74 Å². The Bertz CT molecular complexity index is 614. The monoisotopic (exact) mass is 348 g/mol. The van der Waals surface area contributed by atoms with Crippen molar-refractivity contribution in [3.05, 3.63) is 58.3 Å². The number of amides is 1. The lowest BCUT2D eigenvalue weighted by molar-refractivity contribution is 0.0752. The lowest BCUT2D eigenvalue weighted by atomic mass is 10.2. The summed E-state index contributed by atoms with van der Waals surface area (Å²) < 4.78 is 5.94. The number of benzene rings is 1. The molecule has 1 amide bonds. The highest BCUT2D eigenvalue weighted by atomic mass is 79.9. The minimum absolute atomic E-state index is 0.0258. The Balaban J connectivity index is 2.13. The zero-order valence-corrected chi connectivity index (χ0v) is 13.6. The number of aromatic nitrogens is 1. The number of nitrogens with zero attached hydrogens (tertiary/aromatic N) is 2. The SMILES string of the molecule is CCN(Cc1ccc(OC)cc1)C(=O)c1cncc(Br)c1. The van der Waals surface area contributed by atoms with E-state index in [1.54, 1.807) is 30.5 Å². The van der Waals surface area contributed by atoms with E-state index in [1.165, 1.54) is 0 Å². The maximum absolute atomic E-state index is 12.5. The third kappa shape index (κ3) is 4.04. The van der Waals surface area contributed by atoms with Crippen LogP contribution in [0.15, 0.2) is 47.2 Å². The van der Waals surface area contributed by atoms with Crippen molar-refractivity contribution in [1.29, 1.82) is 0 Å². The summed E-state index contributed by atoms with van der Waals surface area (Å²) in [6.45, 7) is 3.16. The van der Waals surface area contributed by atoms with Gasteiger partial charge >= 0.3 is 0 Å². The number of hydrogen-bond acceptors (Lipinski definition) is 3. The molecule has 0 unspecified atom stereocenters. The van der Waals surface area contributed by atoms with Gasteiger partial charge in [-0.1, -0.05) is 12.1 Å². The summed E-state index contributed by atoms with van der Waals surface area (Å²) in [6, 6.07) is 9.51. The van der Waals surface area contributed by atoms with Gasteiger partial charge in [-0.3, -0.25) is 9.78 Å². The number of rotatable bonds is 5. The summed E-state index contributed by atoms with van der Waals surface area (Å²) in [5, 5.41) is 0. The van der Waals surface area contributed by atoms with Crippen molar-refractivity contribution in [2.75, 3.05) is 13.7 Å². The van der Waals surface area contributed by atoms with E-state index >= 15 is 0 Å². The molecule has 0 atom stereocenters. The van der Waals surface area contributed by atoms with E-state index in [1.807, 2.05) is 31.2 Å². The first kappa shape index (κ1) is 15.5. The van der Waals surface area contributed by atoms with Crippen molar-refractivity contribution >= 4 is 21.8 Å². The molecule has 0 N–H and O–H groups in total. The van der Waals surface area contributed by atoms with Crippen LogP contribution in [0.2, 0.25) is 0 Å². The number of methoxy groups -OCH3 is 1. The van der Waals surface area contributed by atoms with E-state index in [0.717, 1.165) is 15.8 Å². The zero-order valence-electron chi connectivity index (χ0n) is 12.0. The van der Waals surface area contributed by atoms with Crippen molar-refractivity contribution in [2.45, 2.75) is 13.5 Å². The summed E-state index contributed by atoms with van der Waals surface area (Å²) in [5.41, 5.74) is 1.65. The highest BCUT2D eigenvalue weighted by Crippen LogP contribution is 2.16. The fourth-order valence-electron chi connectivity index (χ4n) is 1.99. The van der Waals surface area contributed by atoms with Gasteiger partial charge < -0.3 is 9.64 Å². The highest BCUT2D eigenvalue weighted by Gasteiger charge is 2.15. The van der Waals surface area contributed by atoms with Gasteiger partial charge in [0.05, 0.1) is 12.7 Å². The predicted octanol–water partition coefficient (Wildman–Crippen LogP) is 3.52. The normalized spacial score (nSPS) is 10.2. The van der Waals surface area contributed by atoms with Crippen LogP contribution >= 0.6 is 15.9 Å². The van der Waals surface area contributed by atoms with Crippen molar-refractivity contribution in [2.24, 2.45) is 0 Å². The zero-order chi connectivity index (χ0) is 15.2. The van der Waals surface area contributed by atoms with Gasteiger partial charge in [0.1, 0.15) is 5.75 Å². The van der Waals surface area contributed by atoms with Crippen LogP contribution in [-0.2, 0) is 6.54 Å². The second-order valence-electron chi connectivity index (χ2n) is 4.56. The lowest BCUT2D eigenvalue weighted by Crippen LogP contribution is -2.30. The molecule has 0 radical (unpaired) electrons. The maximum atomic E-state index is 12.5. The predicted molar refractivity (Wildman–Crippen MR) is 85.3 cm³/mol. The molecule has 0 fully saturated rings. The average Bonchev–Trinajstić information content (AvgIpc) is 2.52. The highest BCUT2D eigenvalue weighted by molar-refractivity contribution is 9.10. The van der Waals surface area contributed by atoms with E-state index in [0.29, 0.717) is 18.7 Å². The van der Waals surface area contributed by atoms with Gasteiger partial charge in [0, 0.05) is 30.0 Å². The largest absolute Gasteiger partial charge is 0.497 e. The van der Waals surface area contributed by atoms with Crippen molar-refractivity contribution in [1.82, 2.24) is 9.88 Å². The lowest BCUT2D eigenvalue weighted by Gasteiger charge is -2.21. The fraction of sp³-hybridized carbons (Fsp3) is 0.250. The molecule has 1 aromatic heterocycles. The molecule has 0 saturated carbocycles. The Morgan fingerprint density at radius 2 is 2.00 bits per heavy atom. The molecule has 21 heavy (non-hydrogen) atoms. The van der Waals surface area contributed by atoms with Crippen molar-refractivity contribution in [3.63, 3.8) is 0 Å². The average molecular weight is 349 g/mol. The van der Waals surface area contributed by atoms with Crippen LogP contribution < -0.4 is 4.74 Å². The summed E-state index contributed by atoms with van der Waals surface area (Å²) >= 11 is 3.34. The van der Waals surface area contributed by atoms with Crippen molar-refractivity contribution in [3.8, 4) is 5.75 Å². The smallest absolute Gasteiger partial charge is 0.255 e.